The third kappa shape index (κ3) is 11.0. The SMILES string of the molecule is C=CCCC(C=C)N1CCc2cccc([N+](C)(C)CCCCCCCc3ccc(-c4cc(N5CCN(CCC)CC5)nc(/C(=C(/C)N)c5ccccc5)n4)cc3)c2C1=C. The predicted octanol–water partition coefficient (Wildman–Crippen LogP) is 10.5. The van der Waals surface area contributed by atoms with Crippen molar-refractivity contribution in [3.63, 3.8) is 0 Å². The number of allylic oxidation sites excluding steroid dienone is 2. The Morgan fingerprint density at radius 1 is 0.864 bits per heavy atom. The summed E-state index contributed by atoms with van der Waals surface area (Å²) in [6, 6.07) is 28.7. The summed E-state index contributed by atoms with van der Waals surface area (Å²) >= 11 is 0. The number of benzene rings is 3. The van der Waals surface area contributed by atoms with E-state index in [0.29, 0.717) is 5.82 Å². The molecule has 59 heavy (non-hydrogen) atoms. The van der Waals surface area contributed by atoms with E-state index in [-0.39, 0.29) is 6.04 Å². The van der Waals surface area contributed by atoms with Crippen molar-refractivity contribution in [1.29, 1.82) is 0 Å². The number of piperazine rings is 1. The molecule has 4 aromatic rings. The van der Waals surface area contributed by atoms with Crippen LogP contribution < -0.4 is 15.1 Å². The Morgan fingerprint density at radius 3 is 2.29 bits per heavy atom. The zero-order chi connectivity index (χ0) is 41.8. The number of fused-ring (bicyclic) bond motifs is 1. The molecule has 1 unspecified atom stereocenters. The normalized spacial score (nSPS) is 15.8. The van der Waals surface area contributed by atoms with Crippen LogP contribution in [0, 0.1) is 0 Å². The van der Waals surface area contributed by atoms with Crippen molar-refractivity contribution in [2.24, 2.45) is 5.73 Å². The molecule has 0 aliphatic carbocycles. The highest BCUT2D eigenvalue weighted by Crippen LogP contribution is 2.39. The summed E-state index contributed by atoms with van der Waals surface area (Å²) in [4.78, 5) is 17.7. The van der Waals surface area contributed by atoms with Gasteiger partial charge in [-0.2, -0.15) is 0 Å². The van der Waals surface area contributed by atoms with Crippen LogP contribution in [-0.2, 0) is 12.8 Å². The molecule has 3 aromatic carbocycles. The molecule has 7 heteroatoms. The maximum absolute atomic E-state index is 6.54. The van der Waals surface area contributed by atoms with Crippen molar-refractivity contribution in [1.82, 2.24) is 24.3 Å². The zero-order valence-electron chi connectivity index (χ0n) is 36.6. The molecular weight excluding hydrogens is 723 g/mol. The summed E-state index contributed by atoms with van der Waals surface area (Å²) < 4.78 is 0.869. The molecule has 0 saturated carbocycles. The molecule has 1 aromatic heterocycles. The minimum atomic E-state index is 0.286. The van der Waals surface area contributed by atoms with Gasteiger partial charge in [-0.3, -0.25) is 9.38 Å². The molecular formula is C52H70N7+. The Kier molecular flexibility index (Phi) is 15.4. The van der Waals surface area contributed by atoms with Gasteiger partial charge in [0.05, 0.1) is 31.9 Å². The van der Waals surface area contributed by atoms with Crippen molar-refractivity contribution < 1.29 is 0 Å². The number of hydrogen-bond donors (Lipinski definition) is 1. The van der Waals surface area contributed by atoms with E-state index in [9.17, 15) is 0 Å². The van der Waals surface area contributed by atoms with Gasteiger partial charge in [-0.15, -0.1) is 13.2 Å². The Hall–Kier alpha value is -4.98. The number of nitrogens with zero attached hydrogens (tertiary/aromatic N) is 6. The van der Waals surface area contributed by atoms with E-state index < -0.39 is 0 Å². The molecule has 1 fully saturated rings. The van der Waals surface area contributed by atoms with Gasteiger partial charge in [0, 0.05) is 67.4 Å². The topological polar surface area (TPSA) is 61.5 Å². The van der Waals surface area contributed by atoms with Gasteiger partial charge in [-0.1, -0.05) is 105 Å². The molecule has 0 bridgehead atoms. The number of unbranched alkanes of at least 4 members (excludes halogenated alkanes) is 4. The maximum atomic E-state index is 6.54. The number of anilines is 1. The van der Waals surface area contributed by atoms with Crippen LogP contribution in [0.5, 0.6) is 0 Å². The van der Waals surface area contributed by atoms with Gasteiger partial charge in [0.15, 0.2) is 5.82 Å². The fraction of sp³-hybridized carbons (Fsp3) is 0.423. The first-order chi connectivity index (χ1) is 28.6. The highest BCUT2D eigenvalue weighted by Gasteiger charge is 2.32. The molecule has 2 aliphatic rings. The van der Waals surface area contributed by atoms with Gasteiger partial charge < -0.3 is 15.5 Å². The van der Waals surface area contributed by atoms with E-state index in [0.717, 1.165) is 116 Å². The number of quaternary nitrogens is 1. The summed E-state index contributed by atoms with van der Waals surface area (Å²) in [6.07, 6.45) is 15.6. The molecule has 2 aliphatic heterocycles. The molecule has 6 rings (SSSR count). The number of aromatic nitrogens is 2. The van der Waals surface area contributed by atoms with Crippen LogP contribution in [0.25, 0.3) is 22.5 Å². The zero-order valence-corrected chi connectivity index (χ0v) is 36.6. The maximum Gasteiger partial charge on any atom is 0.164 e. The first kappa shape index (κ1) is 43.6. The van der Waals surface area contributed by atoms with E-state index in [4.69, 9.17) is 15.7 Å². The van der Waals surface area contributed by atoms with Crippen LogP contribution >= 0.6 is 0 Å². The standard InChI is InChI=1S/C52H70N7/c1-8-11-25-46(10-3)58-33-31-45-24-20-26-48(51(45)41(58)5)59(6,7)38-19-14-12-13-16-21-42-27-29-43(30-28-42)47-39-49(57-36-34-56(32-9-2)35-37-57)55-52(54-47)50(40(4)53)44-22-17-15-18-23-44/h8,10,15,17-18,20,22-24,26-30,39,46H,1,3,5,9,11-14,16,19,21,25,31-38,53H2,2,4,6-7H3/q+1/b50-40-. The second-order valence-corrected chi connectivity index (χ2v) is 17.2. The van der Waals surface area contributed by atoms with Crippen molar-refractivity contribution in [3.8, 4) is 11.3 Å². The van der Waals surface area contributed by atoms with E-state index in [1.54, 1.807) is 0 Å². The lowest BCUT2D eigenvalue weighted by molar-refractivity contribution is 0.258. The fourth-order valence-electron chi connectivity index (χ4n) is 9.05. The van der Waals surface area contributed by atoms with Crippen molar-refractivity contribution in [2.75, 3.05) is 64.8 Å². The van der Waals surface area contributed by atoms with Gasteiger partial charge in [-0.25, -0.2) is 9.97 Å². The average molecular weight is 793 g/mol. The van der Waals surface area contributed by atoms with E-state index >= 15 is 0 Å². The average Bonchev–Trinajstić information content (AvgIpc) is 3.25. The highest BCUT2D eigenvalue weighted by atomic mass is 15.3. The van der Waals surface area contributed by atoms with Crippen molar-refractivity contribution in [2.45, 2.75) is 84.1 Å². The van der Waals surface area contributed by atoms with Gasteiger partial charge in [0.1, 0.15) is 11.5 Å². The van der Waals surface area contributed by atoms with Crippen LogP contribution in [-0.4, -0.2) is 85.7 Å². The first-order valence-electron chi connectivity index (χ1n) is 22.3. The summed E-state index contributed by atoms with van der Waals surface area (Å²) in [6.45, 7) is 24.2. The second kappa shape index (κ2) is 20.8. The fourth-order valence-corrected chi connectivity index (χ4v) is 9.05. The molecule has 1 saturated heterocycles. The summed E-state index contributed by atoms with van der Waals surface area (Å²) in [5.41, 5.74) is 17.9. The summed E-state index contributed by atoms with van der Waals surface area (Å²) in [7, 11) is 4.73. The van der Waals surface area contributed by atoms with E-state index in [2.05, 4.69) is 122 Å². The third-order valence-electron chi connectivity index (χ3n) is 12.4. The van der Waals surface area contributed by atoms with E-state index in [1.807, 2.05) is 31.2 Å². The number of hydrogen-bond acceptors (Lipinski definition) is 6. The molecule has 0 radical (unpaired) electrons. The summed E-state index contributed by atoms with van der Waals surface area (Å²) in [5.74, 6) is 1.65. The molecule has 0 spiro atoms. The third-order valence-corrected chi connectivity index (χ3v) is 12.4. The van der Waals surface area contributed by atoms with Gasteiger partial charge in [0.2, 0.25) is 0 Å². The monoisotopic (exact) mass is 793 g/mol. The van der Waals surface area contributed by atoms with Crippen LogP contribution in [0.4, 0.5) is 11.5 Å². The Balaban J connectivity index is 1.04. The van der Waals surface area contributed by atoms with Gasteiger partial charge >= 0.3 is 0 Å². The van der Waals surface area contributed by atoms with Crippen LogP contribution in [0.15, 0.2) is 116 Å². The Bertz CT molecular complexity index is 2040. The number of rotatable bonds is 20. The van der Waals surface area contributed by atoms with Crippen LogP contribution in [0.1, 0.15) is 93.3 Å². The summed E-state index contributed by atoms with van der Waals surface area (Å²) in [5, 5.41) is 0. The quantitative estimate of drug-likeness (QED) is 0.0546. The lowest BCUT2D eigenvalue weighted by Crippen LogP contribution is -2.46. The minimum Gasteiger partial charge on any atom is -0.402 e. The first-order valence-corrected chi connectivity index (χ1v) is 22.3. The molecule has 2 N–H and O–H groups in total. The second-order valence-electron chi connectivity index (χ2n) is 17.2. The van der Waals surface area contributed by atoms with Crippen LogP contribution in [0.2, 0.25) is 0 Å². The Morgan fingerprint density at radius 2 is 1.59 bits per heavy atom. The predicted molar refractivity (Wildman–Crippen MR) is 253 cm³/mol. The lowest BCUT2D eigenvalue weighted by Gasteiger charge is -2.40. The number of nitrogens with two attached hydrogens (primary N) is 1. The lowest BCUT2D eigenvalue weighted by atomic mass is 9.92. The van der Waals surface area contributed by atoms with Gasteiger partial charge in [0.25, 0.3) is 0 Å². The van der Waals surface area contributed by atoms with Crippen molar-refractivity contribution in [3.05, 3.63) is 145 Å². The largest absolute Gasteiger partial charge is 0.402 e. The van der Waals surface area contributed by atoms with E-state index in [1.165, 1.54) is 60.9 Å². The molecule has 3 heterocycles. The minimum absolute atomic E-state index is 0.286. The Labute approximate surface area is 356 Å². The van der Waals surface area contributed by atoms with Crippen molar-refractivity contribution >= 4 is 22.8 Å². The smallest absolute Gasteiger partial charge is 0.164 e. The van der Waals surface area contributed by atoms with Gasteiger partial charge in [-0.05, 0) is 87.6 Å². The molecule has 1 atom stereocenters. The highest BCUT2D eigenvalue weighted by molar-refractivity contribution is 5.80. The molecule has 312 valence electrons. The molecule has 7 nitrogen and oxygen atoms in total. The van der Waals surface area contributed by atoms with Crippen LogP contribution in [0.3, 0.4) is 0 Å². The number of aryl methyl sites for hydroxylation is 1. The molecule has 0 amide bonds.